The monoisotopic (exact) mass is 361 g/mol. The lowest BCUT2D eigenvalue weighted by Gasteiger charge is -2.14. The molecule has 25 heavy (non-hydrogen) atoms. The van der Waals surface area contributed by atoms with Gasteiger partial charge in [-0.3, -0.25) is 4.79 Å². The van der Waals surface area contributed by atoms with Crippen molar-refractivity contribution in [1.29, 1.82) is 0 Å². The third-order valence-corrected chi connectivity index (χ3v) is 3.77. The summed E-state index contributed by atoms with van der Waals surface area (Å²) in [6.07, 6.45) is 2.04. The molecule has 0 aromatic heterocycles. The van der Waals surface area contributed by atoms with Gasteiger partial charge in [-0.1, -0.05) is 0 Å². The van der Waals surface area contributed by atoms with Gasteiger partial charge in [-0.05, 0) is 25.8 Å². The van der Waals surface area contributed by atoms with E-state index in [1.807, 2.05) is 0 Å². The van der Waals surface area contributed by atoms with Gasteiger partial charge in [0.1, 0.15) is 5.57 Å². The predicted molar refractivity (Wildman–Crippen MR) is 77.5 cm³/mol. The molecule has 5 nitrogen and oxygen atoms in total. The molecule has 1 aromatic rings. The van der Waals surface area contributed by atoms with E-state index in [1.165, 1.54) is 6.92 Å². The van der Waals surface area contributed by atoms with Crippen molar-refractivity contribution in [1.82, 2.24) is 5.32 Å². The second kappa shape index (κ2) is 7.22. The lowest BCUT2D eigenvalue weighted by atomic mass is 10.0. The molecule has 0 aliphatic heterocycles. The number of esters is 1. The number of rotatable bonds is 7. The van der Waals surface area contributed by atoms with Crippen LogP contribution in [0, 0.1) is 23.3 Å². The summed E-state index contributed by atoms with van der Waals surface area (Å²) in [7, 11) is 0. The van der Waals surface area contributed by atoms with Crippen molar-refractivity contribution in [3.05, 3.63) is 46.7 Å². The first-order chi connectivity index (χ1) is 11.8. The van der Waals surface area contributed by atoms with Crippen molar-refractivity contribution in [3.63, 3.8) is 0 Å². The standard InChI is InChI=1S/C16H15F4NO4/c1-2-25-15(24)9(6-21-16(7-22)3-4-16)14(23)8-5-10(17)12(19)13(20)11(8)18/h5-6,21-22H,2-4,7H2,1H3/b9-6+. The average molecular weight is 361 g/mol. The quantitative estimate of drug-likeness (QED) is 0.114. The molecular formula is C16H15F4NO4. The molecule has 0 spiro atoms. The highest BCUT2D eigenvalue weighted by atomic mass is 19.2. The molecule has 2 rings (SSSR count). The summed E-state index contributed by atoms with van der Waals surface area (Å²) < 4.78 is 58.2. The van der Waals surface area contributed by atoms with Gasteiger partial charge >= 0.3 is 5.97 Å². The summed E-state index contributed by atoms with van der Waals surface area (Å²) in [6, 6.07) is 0.169. The number of ether oxygens (including phenoxy) is 1. The molecule has 9 heteroatoms. The molecule has 0 amide bonds. The number of Topliss-reactive ketones (excluding diaryl/α,β-unsaturated/α-hetero) is 1. The molecule has 1 saturated carbocycles. The fraction of sp³-hybridized carbons (Fsp3) is 0.375. The number of nitrogens with one attached hydrogen (secondary N) is 1. The van der Waals surface area contributed by atoms with Gasteiger partial charge in [0.2, 0.25) is 5.78 Å². The summed E-state index contributed by atoms with van der Waals surface area (Å²) in [5, 5.41) is 11.9. The maximum atomic E-state index is 13.8. The Balaban J connectivity index is 2.42. The van der Waals surface area contributed by atoms with Gasteiger partial charge in [-0.2, -0.15) is 0 Å². The molecule has 0 radical (unpaired) electrons. The number of hydrogen-bond donors (Lipinski definition) is 2. The van der Waals surface area contributed by atoms with E-state index in [4.69, 9.17) is 0 Å². The van der Waals surface area contributed by atoms with E-state index in [9.17, 15) is 32.3 Å². The Bertz CT molecular complexity index is 744. The zero-order valence-electron chi connectivity index (χ0n) is 13.2. The van der Waals surface area contributed by atoms with Gasteiger partial charge in [0.25, 0.3) is 0 Å². The van der Waals surface area contributed by atoms with Crippen LogP contribution in [0.5, 0.6) is 0 Å². The van der Waals surface area contributed by atoms with Gasteiger partial charge < -0.3 is 15.2 Å². The summed E-state index contributed by atoms with van der Waals surface area (Å²) >= 11 is 0. The highest BCUT2D eigenvalue weighted by Gasteiger charge is 2.41. The molecule has 1 aliphatic carbocycles. The maximum Gasteiger partial charge on any atom is 0.343 e. The minimum absolute atomic E-state index is 0.108. The molecule has 2 N–H and O–H groups in total. The van der Waals surface area contributed by atoms with Gasteiger partial charge in [0.15, 0.2) is 23.3 Å². The summed E-state index contributed by atoms with van der Waals surface area (Å²) in [5.41, 5.74) is -2.59. The lowest BCUT2D eigenvalue weighted by molar-refractivity contribution is -0.138. The zero-order valence-corrected chi connectivity index (χ0v) is 13.2. The Kier molecular flexibility index (Phi) is 5.46. The zero-order chi connectivity index (χ0) is 18.8. The molecule has 136 valence electrons. The summed E-state index contributed by atoms with van der Waals surface area (Å²) in [5.74, 6) is -10.4. The first kappa shape index (κ1) is 18.9. The van der Waals surface area contributed by atoms with E-state index in [2.05, 4.69) is 10.1 Å². The second-order valence-electron chi connectivity index (χ2n) is 5.54. The Morgan fingerprint density at radius 2 is 1.88 bits per heavy atom. The van der Waals surface area contributed by atoms with Crippen molar-refractivity contribution < 1.29 is 37.0 Å². The largest absolute Gasteiger partial charge is 0.462 e. The Morgan fingerprint density at radius 1 is 1.24 bits per heavy atom. The van der Waals surface area contributed by atoms with Crippen LogP contribution < -0.4 is 5.32 Å². The lowest BCUT2D eigenvalue weighted by Crippen LogP contribution is -2.32. The third kappa shape index (κ3) is 3.81. The number of carbonyl (C=O) groups excluding carboxylic acids is 2. The van der Waals surface area contributed by atoms with Crippen molar-refractivity contribution in [3.8, 4) is 0 Å². The number of benzene rings is 1. The topological polar surface area (TPSA) is 75.6 Å². The highest BCUT2D eigenvalue weighted by molar-refractivity contribution is 6.24. The van der Waals surface area contributed by atoms with Gasteiger partial charge in [0.05, 0.1) is 24.3 Å². The SMILES string of the molecule is CCOC(=O)/C(=C/NC1(CO)CC1)C(=O)c1cc(F)c(F)c(F)c1F. The van der Waals surface area contributed by atoms with Crippen LogP contribution in [0.3, 0.4) is 0 Å². The van der Waals surface area contributed by atoms with E-state index < -0.39 is 51.7 Å². The summed E-state index contributed by atoms with van der Waals surface area (Å²) in [6.45, 7) is 1.08. The van der Waals surface area contributed by atoms with E-state index in [-0.39, 0.29) is 19.3 Å². The van der Waals surface area contributed by atoms with Crippen molar-refractivity contribution in [2.75, 3.05) is 13.2 Å². The molecule has 0 saturated heterocycles. The van der Waals surface area contributed by atoms with Crippen LogP contribution in [0.1, 0.15) is 30.1 Å². The van der Waals surface area contributed by atoms with Crippen molar-refractivity contribution in [2.45, 2.75) is 25.3 Å². The van der Waals surface area contributed by atoms with E-state index in [0.29, 0.717) is 12.8 Å². The maximum absolute atomic E-state index is 13.8. The van der Waals surface area contributed by atoms with Gasteiger partial charge in [-0.25, -0.2) is 22.4 Å². The number of hydrogen-bond acceptors (Lipinski definition) is 5. The first-order valence-corrected chi connectivity index (χ1v) is 7.40. The predicted octanol–water partition coefficient (Wildman–Crippen LogP) is 1.99. The Hall–Kier alpha value is -2.42. The van der Waals surface area contributed by atoms with Crippen LogP contribution in [0.15, 0.2) is 17.8 Å². The van der Waals surface area contributed by atoms with E-state index in [1.54, 1.807) is 0 Å². The second-order valence-corrected chi connectivity index (χ2v) is 5.54. The van der Waals surface area contributed by atoms with Crippen LogP contribution >= 0.6 is 0 Å². The molecular weight excluding hydrogens is 346 g/mol. The molecule has 1 aromatic carbocycles. The number of ketones is 1. The molecule has 0 unspecified atom stereocenters. The number of aliphatic hydroxyl groups excluding tert-OH is 1. The molecule has 1 fully saturated rings. The van der Waals surface area contributed by atoms with Gasteiger partial charge in [-0.15, -0.1) is 0 Å². The molecule has 0 heterocycles. The van der Waals surface area contributed by atoms with Crippen LogP contribution in [0.4, 0.5) is 17.6 Å². The number of aliphatic hydroxyl groups is 1. The van der Waals surface area contributed by atoms with Crippen LogP contribution in [-0.4, -0.2) is 35.6 Å². The number of halogens is 4. The van der Waals surface area contributed by atoms with E-state index >= 15 is 0 Å². The minimum Gasteiger partial charge on any atom is -0.462 e. The fourth-order valence-electron chi connectivity index (χ4n) is 2.03. The minimum atomic E-state index is -2.16. The fourth-order valence-corrected chi connectivity index (χ4v) is 2.03. The van der Waals surface area contributed by atoms with Crippen molar-refractivity contribution in [2.24, 2.45) is 0 Å². The molecule has 0 bridgehead atoms. The van der Waals surface area contributed by atoms with Crippen LogP contribution in [-0.2, 0) is 9.53 Å². The first-order valence-electron chi connectivity index (χ1n) is 7.40. The smallest absolute Gasteiger partial charge is 0.343 e. The van der Waals surface area contributed by atoms with Crippen molar-refractivity contribution >= 4 is 11.8 Å². The Morgan fingerprint density at radius 3 is 2.40 bits per heavy atom. The van der Waals surface area contributed by atoms with Crippen LogP contribution in [0.2, 0.25) is 0 Å². The summed E-state index contributed by atoms with van der Waals surface area (Å²) in [4.78, 5) is 24.3. The average Bonchev–Trinajstić information content (AvgIpc) is 3.37. The normalized spacial score (nSPS) is 15.7. The number of carbonyl (C=O) groups is 2. The Labute approximate surface area is 140 Å². The molecule has 1 aliphatic rings. The highest BCUT2D eigenvalue weighted by Crippen LogP contribution is 2.34. The third-order valence-electron chi connectivity index (χ3n) is 3.77. The molecule has 0 atom stereocenters. The van der Waals surface area contributed by atoms with Gasteiger partial charge in [0, 0.05) is 6.20 Å². The van der Waals surface area contributed by atoms with Crippen LogP contribution in [0.25, 0.3) is 0 Å². The van der Waals surface area contributed by atoms with E-state index in [0.717, 1.165) is 6.20 Å².